The largest absolute Gasteiger partial charge is 0.870 e. The first-order chi connectivity index (χ1) is 2.00. The van der Waals surface area contributed by atoms with E-state index >= 15 is 0 Å². The van der Waals surface area contributed by atoms with Crippen molar-refractivity contribution in [1.82, 2.24) is 24.6 Å². The Morgan fingerprint density at radius 1 is 0.800 bits per heavy atom. The van der Waals surface area contributed by atoms with Gasteiger partial charge in [0.05, 0.1) is 0 Å². The Bertz CT molecular complexity index is 59.8. The first kappa shape index (κ1) is 51.5. The quantitative estimate of drug-likeness (QED) is 0.326. The lowest BCUT2D eigenvalue weighted by Crippen LogP contribution is -2.24. The highest BCUT2D eigenvalue weighted by molar-refractivity contribution is 7.40. The Morgan fingerprint density at radius 2 is 0.800 bits per heavy atom. The summed E-state index contributed by atoms with van der Waals surface area (Å²) in [6, 6.07) is 0. The predicted molar refractivity (Wildman–Crippen MR) is 33.5 cm³/mol. The maximum Gasteiger partial charge on any atom is -0.159 e. The summed E-state index contributed by atoms with van der Waals surface area (Å²) >= 11 is 0. The second-order valence-corrected chi connectivity index (χ2v) is 1.34. The van der Waals surface area contributed by atoms with Crippen LogP contribution in [-0.4, -0.2) is 5.48 Å². The van der Waals surface area contributed by atoms with E-state index in [2.05, 4.69) is 0 Å². The minimum absolute atomic E-state index is 0. The molecule has 0 bridgehead atoms. The lowest BCUT2D eigenvalue weighted by molar-refractivity contribution is -0.432. The van der Waals surface area contributed by atoms with Crippen LogP contribution in [0.2, 0.25) is 0 Å². The second kappa shape index (κ2) is 16.0. The van der Waals surface area contributed by atoms with Crippen LogP contribution in [0.3, 0.4) is 0 Å². The van der Waals surface area contributed by atoms with Crippen LogP contribution in [0, 0.1) is 0 Å². The van der Waals surface area contributed by atoms with Gasteiger partial charge in [0, 0.05) is 0 Å². The third-order valence-electron chi connectivity index (χ3n) is 0. The van der Waals surface area contributed by atoms with E-state index in [4.69, 9.17) is 19.2 Å². The fourth-order valence-corrected chi connectivity index (χ4v) is 0. The summed E-state index contributed by atoms with van der Waals surface area (Å²) in [6.07, 6.45) is 0. The molecule has 72 valence electrons. The molecule has 10 heavy (non-hydrogen) atoms. The molecule has 0 saturated heterocycles. The molecule has 0 saturated carbocycles. The van der Waals surface area contributed by atoms with Gasteiger partial charge in [0.2, 0.25) is 0 Å². The lowest BCUT2D eigenvalue weighted by atomic mass is 14.0. The summed E-state index contributed by atoms with van der Waals surface area (Å²) in [5, 5.41) is 0. The molecule has 0 aromatic carbocycles. The van der Waals surface area contributed by atoms with E-state index in [1.165, 1.54) is 0 Å². The van der Waals surface area contributed by atoms with Gasteiger partial charge in [0.1, 0.15) is 0 Å². The Labute approximate surface area is 58.3 Å². The average Bonchev–Trinajstić information content (AvgIpc) is 0.722. The molecule has 0 aliphatic rings. The van der Waals surface area contributed by atoms with E-state index in [0.717, 1.165) is 0 Å². The van der Waals surface area contributed by atoms with Gasteiger partial charge < -0.3 is 49.3 Å². The van der Waals surface area contributed by atoms with Crippen LogP contribution in [0.25, 0.3) is 0 Å². The van der Waals surface area contributed by atoms with Gasteiger partial charge in [-0.15, -0.1) is 0 Å². The summed E-state index contributed by atoms with van der Waals surface area (Å²) in [5.74, 6) is 0. The van der Waals surface area contributed by atoms with E-state index in [0.29, 0.717) is 0 Å². The third kappa shape index (κ3) is 46600. The summed E-state index contributed by atoms with van der Waals surface area (Å²) in [6.45, 7) is 0. The minimum atomic E-state index is -5.39. The maximum atomic E-state index is 8.55. The molecule has 0 aromatic rings. The zero-order valence-corrected chi connectivity index (χ0v) is 7.42. The first-order valence-electron chi connectivity index (χ1n) is 0.730. The number of phosphoric acid groups is 1. The normalized spacial score (nSPS) is 5.90. The minimum Gasteiger partial charge on any atom is -0.870 e. The van der Waals surface area contributed by atoms with Crippen LogP contribution in [0.15, 0.2) is 0 Å². The van der Waals surface area contributed by atoms with E-state index < -0.39 is 7.82 Å². The smallest absolute Gasteiger partial charge is 0.159 e. The van der Waals surface area contributed by atoms with E-state index in [1.54, 1.807) is 0 Å². The molecular weight excluding hydrogens is 167 g/mol. The average molecular weight is 184 g/mol. The first-order valence-corrected chi connectivity index (χ1v) is 2.19. The molecular formula is H17N4O5P. The lowest BCUT2D eigenvalue weighted by Gasteiger charge is -2.36. The highest BCUT2D eigenvalue weighted by atomic mass is 31.2. The zero-order valence-electron chi connectivity index (χ0n) is 6.53. The van der Waals surface area contributed by atoms with Crippen molar-refractivity contribution in [3.8, 4) is 0 Å². The van der Waals surface area contributed by atoms with E-state index in [1.807, 2.05) is 0 Å². The van der Waals surface area contributed by atoms with Crippen molar-refractivity contribution in [2.45, 2.75) is 0 Å². The second-order valence-electron chi connectivity index (χ2n) is 0.447. The topological polar surface area (TPSA) is 262 Å². The Kier molecular flexibility index (Phi) is 82.1. The molecule has 0 aliphatic heterocycles. The molecule has 0 atom stereocenters. The van der Waals surface area contributed by atoms with Gasteiger partial charge in [0.15, 0.2) is 0 Å². The number of hydrogen-bond acceptors (Lipinski definition) is 5. The van der Waals surface area contributed by atoms with Crippen molar-refractivity contribution in [3.05, 3.63) is 0 Å². The molecule has 0 unspecified atom stereocenters. The van der Waals surface area contributed by atoms with Gasteiger partial charge in [-0.1, -0.05) is 0 Å². The molecule has 9 nitrogen and oxygen atoms in total. The van der Waals surface area contributed by atoms with Crippen molar-refractivity contribution in [3.63, 3.8) is 0 Å². The van der Waals surface area contributed by atoms with Crippen LogP contribution in [0.4, 0.5) is 0 Å². The predicted octanol–water partition coefficient (Wildman–Crippen LogP) is -1.50. The standard InChI is InChI=1S/4H3N.H3O4P.H2O/c;;;;1-5(2,3)4;/h4*1H3;(H3,1,2,3,4);1H2. The van der Waals surface area contributed by atoms with Gasteiger partial charge in [-0.3, -0.25) is 0 Å². The molecule has 0 radical (unpaired) electrons. The number of rotatable bonds is 0. The molecule has 0 aromatic heterocycles. The fourth-order valence-electron chi connectivity index (χ4n) is 0. The Hall–Kier alpha value is -0.0900. The number of hydrogen-bond donors (Lipinski definition) is 4. The summed E-state index contributed by atoms with van der Waals surface area (Å²) in [7, 11) is -5.39. The van der Waals surface area contributed by atoms with Gasteiger partial charge >= 0.3 is 0 Å². The van der Waals surface area contributed by atoms with Crippen molar-refractivity contribution < 1.29 is 24.7 Å². The summed E-state index contributed by atoms with van der Waals surface area (Å²) < 4.78 is 8.55. The van der Waals surface area contributed by atoms with Crippen LogP contribution in [-0.2, 0) is 4.57 Å². The zero-order chi connectivity index (χ0) is 4.50. The molecule has 0 amide bonds. The van der Waals surface area contributed by atoms with Crippen LogP contribution in [0.5, 0.6) is 0 Å². The molecule has 0 heterocycles. The molecule has 0 spiro atoms. The van der Waals surface area contributed by atoms with Crippen LogP contribution >= 0.6 is 7.82 Å². The highest BCUT2D eigenvalue weighted by Gasteiger charge is 1.44. The van der Waals surface area contributed by atoms with E-state index in [-0.39, 0.29) is 30.1 Å². The van der Waals surface area contributed by atoms with Crippen molar-refractivity contribution >= 4 is 7.82 Å². The molecule has 0 fully saturated rings. The summed E-state index contributed by atoms with van der Waals surface area (Å²) in [5.41, 5.74) is 0. The molecule has 0 aliphatic carbocycles. The van der Waals surface area contributed by atoms with Gasteiger partial charge in [-0.05, 0) is 0 Å². The van der Waals surface area contributed by atoms with Gasteiger partial charge in [-0.2, -0.15) is 7.82 Å². The molecule has 0 rings (SSSR count). The van der Waals surface area contributed by atoms with Gasteiger partial charge in [-0.25, -0.2) is 0 Å². The van der Waals surface area contributed by atoms with Crippen molar-refractivity contribution in [2.75, 3.05) is 0 Å². The Balaban J connectivity index is -0.00000000800. The third-order valence-corrected chi connectivity index (χ3v) is 0. The van der Waals surface area contributed by atoms with Crippen LogP contribution in [0.1, 0.15) is 0 Å². The highest BCUT2D eigenvalue weighted by Crippen LogP contribution is 2.03. The maximum absolute atomic E-state index is 8.55. The van der Waals surface area contributed by atoms with Crippen molar-refractivity contribution in [2.24, 2.45) is 0 Å². The number of quaternary nitrogens is 4. The fraction of sp³-hybridized carbons (Fsp3) is 0. The van der Waals surface area contributed by atoms with Gasteiger partial charge in [0.25, 0.3) is 0 Å². The monoisotopic (exact) mass is 184 g/mol. The van der Waals surface area contributed by atoms with Crippen LogP contribution < -0.4 is 39.3 Å². The molecule has 10 heteroatoms. The SMILES string of the molecule is O=P([O-])([O-])[O-].[NH4+].[NH4+].[NH4+].[NH4+].[OH-]. The Morgan fingerprint density at radius 3 is 0.800 bits per heavy atom. The van der Waals surface area contributed by atoms with Crippen molar-refractivity contribution in [1.29, 1.82) is 0 Å². The summed E-state index contributed by atoms with van der Waals surface area (Å²) in [4.78, 5) is 25.6. The van der Waals surface area contributed by atoms with E-state index in [9.17, 15) is 0 Å². The molecule has 17 N–H and O–H groups in total.